The summed E-state index contributed by atoms with van der Waals surface area (Å²) >= 11 is 1.60. The molecule has 0 aliphatic rings. The largest absolute Gasteiger partial charge is 0.321 e. The summed E-state index contributed by atoms with van der Waals surface area (Å²) in [7, 11) is 0. The molecule has 0 radical (unpaired) electrons. The Kier molecular flexibility index (Phi) is 3.32. The summed E-state index contributed by atoms with van der Waals surface area (Å²) in [4.78, 5) is 18.1. The Hall–Kier alpha value is -3.45. The van der Waals surface area contributed by atoms with Crippen LogP contribution >= 0.6 is 11.3 Å². The van der Waals surface area contributed by atoms with Crippen LogP contribution < -0.4 is 5.32 Å². The number of aromatic amines is 1. The highest BCUT2D eigenvalue weighted by molar-refractivity contribution is 7.15. The van der Waals surface area contributed by atoms with E-state index in [1.807, 2.05) is 70.7 Å². The van der Waals surface area contributed by atoms with Gasteiger partial charge >= 0.3 is 0 Å². The molecule has 0 saturated heterocycles. The van der Waals surface area contributed by atoms with Crippen LogP contribution in [0.3, 0.4) is 0 Å². The van der Waals surface area contributed by atoms with Crippen LogP contribution in [0.1, 0.15) is 10.5 Å². The average Bonchev–Trinajstić information content (AvgIpc) is 3.36. The Morgan fingerprint density at radius 1 is 1.12 bits per heavy atom. The number of carbonyl (C=O) groups excluding carboxylic acids is 1. The summed E-state index contributed by atoms with van der Waals surface area (Å²) in [5.41, 5.74) is 3.86. The summed E-state index contributed by atoms with van der Waals surface area (Å²) in [6.45, 7) is 0. The molecule has 0 aliphatic heterocycles. The molecule has 0 fully saturated rings. The molecule has 26 heavy (non-hydrogen) atoms. The third kappa shape index (κ3) is 2.46. The number of H-pyrrole nitrogens is 1. The number of nitrogens with zero attached hydrogens (tertiary/aromatic N) is 3. The lowest BCUT2D eigenvalue weighted by molar-refractivity contribution is 0.102. The topological polar surface area (TPSA) is 75.1 Å². The predicted octanol–water partition coefficient (Wildman–Crippen LogP) is 4.19. The SMILES string of the molecule is O=C(Nc1ccc(-c2cn3ccsc3n2)cc1)c1n[nH]c2ccccc12. The van der Waals surface area contributed by atoms with E-state index in [-0.39, 0.29) is 5.91 Å². The van der Waals surface area contributed by atoms with Gasteiger partial charge < -0.3 is 5.32 Å². The second-order valence-corrected chi connectivity index (χ2v) is 6.74. The van der Waals surface area contributed by atoms with Gasteiger partial charge in [0.15, 0.2) is 10.7 Å². The van der Waals surface area contributed by atoms with Crippen molar-refractivity contribution in [1.29, 1.82) is 0 Å². The standard InChI is InChI=1S/C19H13N5OS/c25-18(17-14-3-1-2-4-15(14)22-23-17)20-13-7-5-12(6-8-13)16-11-24-9-10-26-19(24)21-16/h1-11H,(H,20,25)(H,22,23). The smallest absolute Gasteiger partial charge is 0.276 e. The first-order chi connectivity index (χ1) is 12.8. The molecular formula is C19H13N5OS. The minimum atomic E-state index is -0.238. The minimum absolute atomic E-state index is 0.238. The first-order valence-corrected chi connectivity index (χ1v) is 8.93. The zero-order valence-electron chi connectivity index (χ0n) is 13.5. The third-order valence-corrected chi connectivity index (χ3v) is 4.99. The van der Waals surface area contributed by atoms with Crippen LogP contribution in [0, 0.1) is 0 Å². The van der Waals surface area contributed by atoms with Gasteiger partial charge in [-0.2, -0.15) is 5.10 Å². The number of imidazole rings is 1. The maximum atomic E-state index is 12.5. The van der Waals surface area contributed by atoms with E-state index in [2.05, 4.69) is 20.5 Å². The van der Waals surface area contributed by atoms with Gasteiger partial charge in [-0.15, -0.1) is 11.3 Å². The fraction of sp³-hybridized carbons (Fsp3) is 0. The molecule has 0 bridgehead atoms. The van der Waals surface area contributed by atoms with Gasteiger partial charge in [-0.1, -0.05) is 30.3 Å². The number of hydrogen-bond acceptors (Lipinski definition) is 4. The van der Waals surface area contributed by atoms with Crippen molar-refractivity contribution < 1.29 is 4.79 Å². The predicted molar refractivity (Wildman–Crippen MR) is 103 cm³/mol. The normalized spacial score (nSPS) is 11.2. The van der Waals surface area contributed by atoms with Crippen molar-refractivity contribution in [3.63, 3.8) is 0 Å². The number of para-hydroxylation sites is 1. The molecule has 7 heteroatoms. The molecule has 0 atom stereocenters. The first-order valence-electron chi connectivity index (χ1n) is 8.05. The van der Waals surface area contributed by atoms with Crippen molar-refractivity contribution in [2.24, 2.45) is 0 Å². The lowest BCUT2D eigenvalue weighted by Crippen LogP contribution is -2.12. The maximum Gasteiger partial charge on any atom is 0.276 e. The minimum Gasteiger partial charge on any atom is -0.321 e. The van der Waals surface area contributed by atoms with Crippen LogP contribution in [-0.2, 0) is 0 Å². The van der Waals surface area contributed by atoms with E-state index >= 15 is 0 Å². The monoisotopic (exact) mass is 359 g/mol. The molecule has 0 saturated carbocycles. The number of anilines is 1. The Labute approximate surface area is 152 Å². The number of fused-ring (bicyclic) bond motifs is 2. The molecule has 5 rings (SSSR count). The highest BCUT2D eigenvalue weighted by Gasteiger charge is 2.14. The second-order valence-electron chi connectivity index (χ2n) is 5.87. The molecule has 0 aliphatic carbocycles. The van der Waals surface area contributed by atoms with Gasteiger partial charge in [0.1, 0.15) is 0 Å². The fourth-order valence-electron chi connectivity index (χ4n) is 2.92. The van der Waals surface area contributed by atoms with Crippen molar-refractivity contribution in [3.8, 4) is 11.3 Å². The number of hydrogen-bond donors (Lipinski definition) is 2. The number of rotatable bonds is 3. The Morgan fingerprint density at radius 3 is 2.81 bits per heavy atom. The zero-order valence-corrected chi connectivity index (χ0v) is 14.3. The van der Waals surface area contributed by atoms with Gasteiger partial charge in [0.25, 0.3) is 5.91 Å². The molecule has 3 heterocycles. The van der Waals surface area contributed by atoms with Crippen LogP contribution in [-0.4, -0.2) is 25.5 Å². The summed E-state index contributed by atoms with van der Waals surface area (Å²) in [6, 6.07) is 15.2. The van der Waals surface area contributed by atoms with Crippen molar-refractivity contribution >= 4 is 38.8 Å². The van der Waals surface area contributed by atoms with E-state index in [4.69, 9.17) is 0 Å². The molecule has 0 unspecified atom stereocenters. The molecule has 0 spiro atoms. The van der Waals surface area contributed by atoms with Crippen molar-refractivity contribution in [2.45, 2.75) is 0 Å². The summed E-state index contributed by atoms with van der Waals surface area (Å²) < 4.78 is 2.00. The van der Waals surface area contributed by atoms with Crippen LogP contribution in [0.15, 0.2) is 66.3 Å². The van der Waals surface area contributed by atoms with Crippen molar-refractivity contribution in [1.82, 2.24) is 19.6 Å². The van der Waals surface area contributed by atoms with E-state index in [0.717, 1.165) is 27.1 Å². The highest BCUT2D eigenvalue weighted by Crippen LogP contribution is 2.23. The quantitative estimate of drug-likeness (QED) is 0.507. The van der Waals surface area contributed by atoms with E-state index < -0.39 is 0 Å². The molecule has 126 valence electrons. The van der Waals surface area contributed by atoms with Gasteiger partial charge in [0.2, 0.25) is 0 Å². The average molecular weight is 359 g/mol. The molecule has 6 nitrogen and oxygen atoms in total. The van der Waals surface area contributed by atoms with Crippen LogP contribution in [0.5, 0.6) is 0 Å². The number of amides is 1. The van der Waals surface area contributed by atoms with Crippen molar-refractivity contribution in [2.75, 3.05) is 5.32 Å². The molecule has 3 aromatic heterocycles. The highest BCUT2D eigenvalue weighted by atomic mass is 32.1. The number of thiazole rings is 1. The molecule has 2 aromatic carbocycles. The number of aromatic nitrogens is 4. The second kappa shape index (κ2) is 5.82. The number of nitrogens with one attached hydrogen (secondary N) is 2. The van der Waals surface area contributed by atoms with E-state index in [0.29, 0.717) is 11.4 Å². The van der Waals surface area contributed by atoms with Gasteiger partial charge in [-0.25, -0.2) is 4.98 Å². The molecule has 5 aromatic rings. The Morgan fingerprint density at radius 2 is 1.96 bits per heavy atom. The van der Waals surface area contributed by atoms with E-state index in [9.17, 15) is 4.79 Å². The Balaban J connectivity index is 1.39. The van der Waals surface area contributed by atoms with Gasteiger partial charge in [0, 0.05) is 34.4 Å². The zero-order chi connectivity index (χ0) is 17.5. The lowest BCUT2D eigenvalue weighted by atomic mass is 10.1. The summed E-state index contributed by atoms with van der Waals surface area (Å²) in [5.74, 6) is -0.238. The van der Waals surface area contributed by atoms with Gasteiger partial charge in [-0.05, 0) is 18.2 Å². The van der Waals surface area contributed by atoms with E-state index in [1.165, 1.54) is 0 Å². The molecule has 2 N–H and O–H groups in total. The number of carbonyl (C=O) groups is 1. The summed E-state index contributed by atoms with van der Waals surface area (Å²) in [5, 5.41) is 12.7. The van der Waals surface area contributed by atoms with Crippen LogP contribution in [0.4, 0.5) is 5.69 Å². The van der Waals surface area contributed by atoms with E-state index in [1.54, 1.807) is 11.3 Å². The lowest BCUT2D eigenvalue weighted by Gasteiger charge is -2.04. The van der Waals surface area contributed by atoms with Gasteiger partial charge in [-0.3, -0.25) is 14.3 Å². The fourth-order valence-corrected chi connectivity index (χ4v) is 3.62. The Bertz CT molecular complexity index is 1200. The third-order valence-electron chi connectivity index (χ3n) is 4.22. The van der Waals surface area contributed by atoms with Crippen molar-refractivity contribution in [3.05, 3.63) is 72.0 Å². The van der Waals surface area contributed by atoms with Gasteiger partial charge in [0.05, 0.1) is 11.2 Å². The summed E-state index contributed by atoms with van der Waals surface area (Å²) in [6.07, 6.45) is 3.98. The van der Waals surface area contributed by atoms with Crippen LogP contribution in [0.2, 0.25) is 0 Å². The number of benzene rings is 2. The first kappa shape index (κ1) is 14.9. The molecular weight excluding hydrogens is 346 g/mol. The molecule has 1 amide bonds. The maximum absolute atomic E-state index is 12.5. The van der Waals surface area contributed by atoms with Crippen LogP contribution in [0.25, 0.3) is 27.1 Å².